The van der Waals surface area contributed by atoms with Crippen LogP contribution in [0.25, 0.3) is 0 Å². The maximum absolute atomic E-state index is 12.0. The van der Waals surface area contributed by atoms with E-state index in [9.17, 15) is 8.42 Å². The van der Waals surface area contributed by atoms with Crippen LogP contribution in [0.2, 0.25) is 0 Å². The van der Waals surface area contributed by atoms with Gasteiger partial charge in [0, 0.05) is 12.2 Å². The summed E-state index contributed by atoms with van der Waals surface area (Å²) in [5.41, 5.74) is 6.89. The molecule has 0 aliphatic rings. The summed E-state index contributed by atoms with van der Waals surface area (Å²) in [7, 11) is -3.55. The van der Waals surface area contributed by atoms with Gasteiger partial charge in [-0.05, 0) is 24.6 Å². The maximum Gasteiger partial charge on any atom is 0.273 e. The highest BCUT2D eigenvalue weighted by Gasteiger charge is 2.17. The molecule has 0 amide bonds. The van der Waals surface area contributed by atoms with Gasteiger partial charge in [-0.2, -0.15) is 0 Å². The van der Waals surface area contributed by atoms with E-state index >= 15 is 0 Å². The van der Waals surface area contributed by atoms with Gasteiger partial charge in [0.2, 0.25) is 0 Å². The molecule has 1 aromatic carbocycles. The first-order chi connectivity index (χ1) is 8.51. The van der Waals surface area contributed by atoms with E-state index in [2.05, 4.69) is 9.71 Å². The number of benzene rings is 1. The van der Waals surface area contributed by atoms with Gasteiger partial charge >= 0.3 is 0 Å². The molecule has 0 saturated carbocycles. The number of aromatic nitrogens is 1. The molecule has 2 rings (SSSR count). The molecule has 18 heavy (non-hydrogen) atoms. The van der Waals surface area contributed by atoms with Crippen molar-refractivity contribution >= 4 is 27.0 Å². The molecule has 5 nitrogen and oxygen atoms in total. The minimum Gasteiger partial charge on any atom is -0.326 e. The van der Waals surface area contributed by atoms with E-state index in [-0.39, 0.29) is 4.21 Å². The van der Waals surface area contributed by atoms with Gasteiger partial charge in [0.25, 0.3) is 10.0 Å². The molecule has 0 bridgehead atoms. The number of aryl methyl sites for hydroxylation is 1. The first-order valence-electron chi connectivity index (χ1n) is 5.25. The standard InChI is InChI=1S/C11H13N3O2S2/c1-8-13-7-11(17-8)18(15,16)14-10-4-2-3-9(5-10)6-12/h2-5,7,14H,6,12H2,1H3. The van der Waals surface area contributed by atoms with Gasteiger partial charge in [-0.1, -0.05) is 12.1 Å². The second kappa shape index (κ2) is 5.05. The van der Waals surface area contributed by atoms with Crippen molar-refractivity contribution in [3.05, 3.63) is 41.0 Å². The molecule has 0 aliphatic carbocycles. The molecule has 1 aromatic heterocycles. The number of anilines is 1. The number of hydrogen-bond acceptors (Lipinski definition) is 5. The second-order valence-corrected chi connectivity index (χ2v) is 6.85. The lowest BCUT2D eigenvalue weighted by molar-refractivity contribution is 0.603. The van der Waals surface area contributed by atoms with E-state index in [0.29, 0.717) is 17.2 Å². The number of nitrogens with zero attached hydrogens (tertiary/aromatic N) is 1. The molecule has 1 heterocycles. The molecule has 0 saturated heterocycles. The monoisotopic (exact) mass is 283 g/mol. The smallest absolute Gasteiger partial charge is 0.273 e. The zero-order valence-electron chi connectivity index (χ0n) is 9.75. The van der Waals surface area contributed by atoms with Crippen molar-refractivity contribution in [2.45, 2.75) is 17.7 Å². The molecule has 0 aliphatic heterocycles. The van der Waals surface area contributed by atoms with Gasteiger partial charge in [-0.15, -0.1) is 11.3 Å². The summed E-state index contributed by atoms with van der Waals surface area (Å²) in [5.74, 6) is 0. The fourth-order valence-electron chi connectivity index (χ4n) is 1.43. The average molecular weight is 283 g/mol. The molecule has 0 fully saturated rings. The Kier molecular flexibility index (Phi) is 3.65. The highest BCUT2D eigenvalue weighted by molar-refractivity contribution is 7.94. The van der Waals surface area contributed by atoms with E-state index in [4.69, 9.17) is 5.73 Å². The predicted molar refractivity (Wildman–Crippen MR) is 72.0 cm³/mol. The summed E-state index contributed by atoms with van der Waals surface area (Å²) in [6.45, 7) is 2.13. The summed E-state index contributed by atoms with van der Waals surface area (Å²) in [5, 5.41) is 0.714. The number of nitrogens with one attached hydrogen (secondary N) is 1. The Morgan fingerprint density at radius 3 is 2.83 bits per heavy atom. The minimum absolute atomic E-state index is 0.207. The quantitative estimate of drug-likeness (QED) is 0.894. The zero-order valence-corrected chi connectivity index (χ0v) is 11.4. The second-order valence-electron chi connectivity index (χ2n) is 3.71. The van der Waals surface area contributed by atoms with E-state index in [0.717, 1.165) is 16.9 Å². The largest absolute Gasteiger partial charge is 0.326 e. The summed E-state index contributed by atoms with van der Waals surface area (Å²) >= 11 is 1.14. The van der Waals surface area contributed by atoms with Crippen LogP contribution in [0, 0.1) is 6.92 Å². The molecule has 0 atom stereocenters. The van der Waals surface area contributed by atoms with Crippen molar-refractivity contribution in [3.63, 3.8) is 0 Å². The molecule has 0 spiro atoms. The van der Waals surface area contributed by atoms with Gasteiger partial charge in [0.05, 0.1) is 11.2 Å². The van der Waals surface area contributed by atoms with Crippen LogP contribution in [0.5, 0.6) is 0 Å². The van der Waals surface area contributed by atoms with E-state index in [1.165, 1.54) is 6.20 Å². The van der Waals surface area contributed by atoms with E-state index in [1.54, 1.807) is 25.1 Å². The van der Waals surface area contributed by atoms with Crippen LogP contribution in [-0.4, -0.2) is 13.4 Å². The Balaban J connectivity index is 2.27. The van der Waals surface area contributed by atoms with Gasteiger partial charge < -0.3 is 5.73 Å². The predicted octanol–water partition coefficient (Wildman–Crippen LogP) is 1.71. The summed E-state index contributed by atoms with van der Waals surface area (Å²) < 4.78 is 26.8. The van der Waals surface area contributed by atoms with Crippen molar-refractivity contribution in [3.8, 4) is 0 Å². The molecule has 3 N–H and O–H groups in total. The highest BCUT2D eigenvalue weighted by atomic mass is 32.2. The van der Waals surface area contributed by atoms with Crippen molar-refractivity contribution in [1.29, 1.82) is 0 Å². The van der Waals surface area contributed by atoms with Crippen LogP contribution in [-0.2, 0) is 16.6 Å². The van der Waals surface area contributed by atoms with Crippen molar-refractivity contribution < 1.29 is 8.42 Å². The van der Waals surface area contributed by atoms with Crippen molar-refractivity contribution in [2.75, 3.05) is 4.72 Å². The number of sulfonamides is 1. The number of hydrogen-bond donors (Lipinski definition) is 2. The van der Waals surface area contributed by atoms with Crippen LogP contribution < -0.4 is 10.5 Å². The topological polar surface area (TPSA) is 85.1 Å². The van der Waals surface area contributed by atoms with Crippen molar-refractivity contribution in [2.24, 2.45) is 5.73 Å². The van der Waals surface area contributed by atoms with E-state index < -0.39 is 10.0 Å². The highest BCUT2D eigenvalue weighted by Crippen LogP contribution is 2.21. The Hall–Kier alpha value is -1.44. The Bertz CT molecular complexity index is 650. The zero-order chi connectivity index (χ0) is 13.2. The Morgan fingerprint density at radius 2 is 2.22 bits per heavy atom. The lowest BCUT2D eigenvalue weighted by Crippen LogP contribution is -2.11. The summed E-state index contributed by atoms with van der Waals surface area (Å²) in [6.07, 6.45) is 1.36. The lowest BCUT2D eigenvalue weighted by atomic mass is 10.2. The first-order valence-corrected chi connectivity index (χ1v) is 7.55. The fraction of sp³-hybridized carbons (Fsp3) is 0.182. The average Bonchev–Trinajstić information content (AvgIpc) is 2.76. The third kappa shape index (κ3) is 2.87. The molecular formula is C11H13N3O2S2. The summed E-state index contributed by atoms with van der Waals surface area (Å²) in [6, 6.07) is 7.00. The Morgan fingerprint density at radius 1 is 1.44 bits per heavy atom. The van der Waals surface area contributed by atoms with Gasteiger partial charge in [-0.25, -0.2) is 13.4 Å². The van der Waals surface area contributed by atoms with Crippen LogP contribution in [0.3, 0.4) is 0 Å². The third-order valence-corrected chi connectivity index (χ3v) is 5.04. The third-order valence-electron chi connectivity index (χ3n) is 2.28. The molecular weight excluding hydrogens is 270 g/mol. The summed E-state index contributed by atoms with van der Waals surface area (Å²) in [4.78, 5) is 3.94. The number of rotatable bonds is 4. The lowest BCUT2D eigenvalue weighted by Gasteiger charge is -2.06. The molecule has 2 aromatic rings. The SMILES string of the molecule is Cc1ncc(S(=O)(=O)Nc2cccc(CN)c2)s1. The first kappa shape index (κ1) is 13.0. The molecule has 0 radical (unpaired) electrons. The normalized spacial score (nSPS) is 11.4. The van der Waals surface area contributed by atoms with Gasteiger partial charge in [0.1, 0.15) is 0 Å². The minimum atomic E-state index is -3.55. The van der Waals surface area contributed by atoms with Gasteiger partial charge in [-0.3, -0.25) is 4.72 Å². The van der Waals surface area contributed by atoms with E-state index in [1.807, 2.05) is 6.07 Å². The van der Waals surface area contributed by atoms with Crippen LogP contribution in [0.1, 0.15) is 10.6 Å². The van der Waals surface area contributed by atoms with Crippen LogP contribution in [0.4, 0.5) is 5.69 Å². The molecule has 0 unspecified atom stereocenters. The van der Waals surface area contributed by atoms with Crippen molar-refractivity contribution in [1.82, 2.24) is 4.98 Å². The fourth-order valence-corrected chi connectivity index (χ4v) is 3.59. The molecule has 7 heteroatoms. The number of thiazole rings is 1. The number of nitrogens with two attached hydrogens (primary N) is 1. The van der Waals surface area contributed by atoms with Crippen LogP contribution >= 0.6 is 11.3 Å². The molecule has 96 valence electrons. The maximum atomic E-state index is 12.0. The Labute approximate surface area is 110 Å². The van der Waals surface area contributed by atoms with Gasteiger partial charge in [0.15, 0.2) is 4.21 Å². The van der Waals surface area contributed by atoms with Crippen LogP contribution in [0.15, 0.2) is 34.7 Å².